The van der Waals surface area contributed by atoms with Crippen molar-refractivity contribution < 1.29 is 4.79 Å². The summed E-state index contributed by atoms with van der Waals surface area (Å²) in [5, 5.41) is 8.50. The van der Waals surface area contributed by atoms with Gasteiger partial charge in [-0.05, 0) is 180 Å². The Morgan fingerprint density at radius 1 is 0.500 bits per heavy atom. The Bertz CT molecular complexity index is 1320. The van der Waals surface area contributed by atoms with E-state index in [1.165, 1.54) is 141 Å². The first-order valence-corrected chi connectivity index (χ1v) is 26.3. The summed E-state index contributed by atoms with van der Waals surface area (Å²) in [6.45, 7) is 52.3. The fourth-order valence-electron chi connectivity index (χ4n) is 10.1. The molecule has 1 aromatic rings. The highest BCUT2D eigenvalue weighted by Crippen LogP contribution is 2.38. The Morgan fingerprint density at radius 3 is 1.02 bits per heavy atom. The summed E-state index contributed by atoms with van der Waals surface area (Å²) in [6, 6.07) is 10.0. The first-order valence-electron chi connectivity index (χ1n) is 26.3. The zero-order valence-electron chi connectivity index (χ0n) is 45.6. The lowest BCUT2D eigenvalue weighted by atomic mass is 9.72. The Hall–Kier alpha value is -1.74. The van der Waals surface area contributed by atoms with Crippen LogP contribution in [0.15, 0.2) is 24.3 Å². The largest absolute Gasteiger partial charge is 0.303 e. The average Bonchev–Trinajstić information content (AvgIpc) is 3.21. The first-order chi connectivity index (χ1) is 29.1. The standard InChI is InChI=1S/C12H22N2.2C12H25N.C12H16O.C10H20.3CH4/c1-12(2,3)11-5-9-14(10-6-11)8-4-7-13;2*1-5-8-13-9-6-11(7-10-13)12(2,3)4;1-9(13)10-5-7-11(8-6-10)12(2,3)4;1-10(2,3)9-7-5-4-6-8-9;;;/h11H,4-6,8-10H2,1-3H3;2*11H,5-10H2,1-4H3;5-8H,1-4H3;9H,4-8H2,1-3H3;3*1H4. The maximum Gasteiger partial charge on any atom is 0.159 e. The first kappa shape index (κ1) is 68.5. The Balaban J connectivity index is -0.000000746. The van der Waals surface area contributed by atoms with Crippen LogP contribution in [0.1, 0.15) is 253 Å². The molecule has 1 aliphatic carbocycles. The van der Waals surface area contributed by atoms with Crippen molar-refractivity contribution in [2.24, 2.45) is 45.3 Å². The van der Waals surface area contributed by atoms with Gasteiger partial charge < -0.3 is 14.7 Å². The predicted octanol–water partition coefficient (Wildman–Crippen LogP) is 17.7. The second-order valence-electron chi connectivity index (χ2n) is 25.4. The highest BCUT2D eigenvalue weighted by Gasteiger charge is 2.30. The van der Waals surface area contributed by atoms with E-state index in [1.54, 1.807) is 6.92 Å². The molecule has 0 N–H and O–H groups in total. The minimum Gasteiger partial charge on any atom is -0.303 e. The molecule has 3 heterocycles. The van der Waals surface area contributed by atoms with Crippen molar-refractivity contribution >= 4 is 5.78 Å². The highest BCUT2D eigenvalue weighted by molar-refractivity contribution is 5.94. The van der Waals surface area contributed by atoms with Crippen LogP contribution in [-0.2, 0) is 5.41 Å². The topological polar surface area (TPSA) is 50.6 Å². The monoisotopic (exact) mass is 925 g/mol. The van der Waals surface area contributed by atoms with E-state index < -0.39 is 0 Å². The van der Waals surface area contributed by atoms with Crippen LogP contribution in [0, 0.1) is 56.7 Å². The molecule has 1 saturated carbocycles. The van der Waals surface area contributed by atoms with Gasteiger partial charge in [0, 0.05) is 18.5 Å². The number of likely N-dealkylation sites (tertiary alicyclic amines) is 3. The average molecular weight is 926 g/mol. The molecule has 0 aromatic heterocycles. The lowest BCUT2D eigenvalue weighted by Crippen LogP contribution is -2.38. The quantitative estimate of drug-likeness (QED) is 0.255. The number of carbonyl (C=O) groups excluding carboxylic acids is 1. The number of nitrogens with zero attached hydrogens (tertiary/aromatic N) is 4. The van der Waals surface area contributed by atoms with Gasteiger partial charge in [-0.1, -0.05) is 184 Å². The van der Waals surface area contributed by atoms with Crippen molar-refractivity contribution in [1.82, 2.24) is 14.7 Å². The summed E-state index contributed by atoms with van der Waals surface area (Å²) in [7, 11) is 0. The van der Waals surface area contributed by atoms with Gasteiger partial charge in [-0.2, -0.15) is 5.26 Å². The molecule has 1 aromatic carbocycles. The summed E-state index contributed by atoms with van der Waals surface area (Å²) in [5.41, 5.74) is 4.29. The molecule has 0 amide bonds. The van der Waals surface area contributed by atoms with Gasteiger partial charge in [0.05, 0.1) is 6.07 Å². The molecule has 0 spiro atoms. The molecule has 3 saturated heterocycles. The molecule has 4 fully saturated rings. The van der Waals surface area contributed by atoms with Gasteiger partial charge in [0.2, 0.25) is 0 Å². The molecule has 390 valence electrons. The zero-order chi connectivity index (χ0) is 48.1. The van der Waals surface area contributed by atoms with Crippen LogP contribution in [0.25, 0.3) is 0 Å². The number of benzene rings is 1. The van der Waals surface area contributed by atoms with E-state index in [0.717, 1.165) is 35.8 Å². The van der Waals surface area contributed by atoms with Gasteiger partial charge in [0.25, 0.3) is 0 Å². The van der Waals surface area contributed by atoms with E-state index >= 15 is 0 Å². The second kappa shape index (κ2) is 33.0. The summed E-state index contributed by atoms with van der Waals surface area (Å²) < 4.78 is 0. The van der Waals surface area contributed by atoms with E-state index in [-0.39, 0.29) is 33.5 Å². The van der Waals surface area contributed by atoms with Gasteiger partial charge in [0.15, 0.2) is 5.78 Å². The predicted molar refractivity (Wildman–Crippen MR) is 298 cm³/mol. The van der Waals surface area contributed by atoms with Gasteiger partial charge in [0.1, 0.15) is 0 Å². The maximum absolute atomic E-state index is 11.0. The number of carbonyl (C=O) groups is 1. The van der Waals surface area contributed by atoms with Crippen molar-refractivity contribution in [3.05, 3.63) is 35.4 Å². The Labute approximate surface area is 416 Å². The van der Waals surface area contributed by atoms with E-state index in [2.05, 4.69) is 138 Å². The minimum absolute atomic E-state index is 0. The Morgan fingerprint density at radius 2 is 0.788 bits per heavy atom. The molecule has 66 heavy (non-hydrogen) atoms. The van der Waals surface area contributed by atoms with Gasteiger partial charge in [-0.15, -0.1) is 0 Å². The van der Waals surface area contributed by atoms with Crippen LogP contribution in [0.3, 0.4) is 0 Å². The van der Waals surface area contributed by atoms with Crippen molar-refractivity contribution in [2.75, 3.05) is 58.9 Å². The molecule has 3 aliphatic heterocycles. The molecule has 4 aliphatic rings. The van der Waals surface area contributed by atoms with Crippen LogP contribution in [-0.4, -0.2) is 79.4 Å². The van der Waals surface area contributed by atoms with E-state index in [9.17, 15) is 4.79 Å². The van der Waals surface area contributed by atoms with Crippen molar-refractivity contribution in [2.45, 2.75) is 242 Å². The fourth-order valence-corrected chi connectivity index (χ4v) is 10.1. The normalized spacial score (nSPS) is 18.9. The van der Waals surface area contributed by atoms with Crippen molar-refractivity contribution in [3.63, 3.8) is 0 Å². The van der Waals surface area contributed by atoms with Crippen LogP contribution in [0.2, 0.25) is 0 Å². The van der Waals surface area contributed by atoms with Crippen LogP contribution in [0.4, 0.5) is 0 Å². The summed E-state index contributed by atoms with van der Waals surface area (Å²) in [4.78, 5) is 18.7. The molecular formula is C61H120N4O. The summed E-state index contributed by atoms with van der Waals surface area (Å²) in [5.74, 6) is 3.88. The van der Waals surface area contributed by atoms with Gasteiger partial charge >= 0.3 is 0 Å². The van der Waals surface area contributed by atoms with Crippen molar-refractivity contribution in [3.8, 4) is 6.07 Å². The van der Waals surface area contributed by atoms with Gasteiger partial charge in [-0.25, -0.2) is 0 Å². The van der Waals surface area contributed by atoms with E-state index in [0.29, 0.717) is 28.1 Å². The summed E-state index contributed by atoms with van der Waals surface area (Å²) in [6.07, 6.45) is 18.9. The van der Waals surface area contributed by atoms with Gasteiger partial charge in [-0.3, -0.25) is 4.79 Å². The number of piperidine rings is 3. The number of rotatable bonds is 7. The van der Waals surface area contributed by atoms with Crippen LogP contribution >= 0.6 is 0 Å². The molecule has 5 nitrogen and oxygen atoms in total. The molecule has 5 rings (SSSR count). The number of nitriles is 1. The molecule has 0 radical (unpaired) electrons. The zero-order valence-corrected chi connectivity index (χ0v) is 45.6. The highest BCUT2D eigenvalue weighted by atomic mass is 16.1. The maximum atomic E-state index is 11.0. The lowest BCUT2D eigenvalue weighted by Gasteiger charge is -2.38. The number of Topliss-reactive ketones (excluding diaryl/α,β-unsaturated/α-hetero) is 1. The van der Waals surface area contributed by atoms with E-state index in [4.69, 9.17) is 5.26 Å². The Kier molecular flexibility index (Phi) is 34.2. The molecule has 0 atom stereocenters. The number of hydrogen-bond donors (Lipinski definition) is 0. The molecular weight excluding hydrogens is 805 g/mol. The van der Waals surface area contributed by atoms with E-state index in [1.807, 2.05) is 24.3 Å². The molecule has 0 unspecified atom stereocenters. The third-order valence-corrected chi connectivity index (χ3v) is 15.0. The van der Waals surface area contributed by atoms with Crippen LogP contribution < -0.4 is 0 Å². The smallest absolute Gasteiger partial charge is 0.159 e. The van der Waals surface area contributed by atoms with Crippen LogP contribution in [0.5, 0.6) is 0 Å². The third kappa shape index (κ3) is 28.7. The SMILES string of the molecule is C.C.C.CC(=O)c1ccc(C(C)(C)C)cc1.CC(C)(C)C1CCCCC1.CC(C)(C)C1CCN(CCC#N)CC1.CCCN1CCC(C(C)(C)C)CC1.CCCN1CCC(C(C)(C)C)CC1. The summed E-state index contributed by atoms with van der Waals surface area (Å²) >= 11 is 0. The fraction of sp³-hybridized carbons (Fsp3) is 0.869. The molecule has 5 heteroatoms. The van der Waals surface area contributed by atoms with Crippen molar-refractivity contribution in [1.29, 1.82) is 5.26 Å². The second-order valence-corrected chi connectivity index (χ2v) is 25.4. The lowest BCUT2D eigenvalue weighted by molar-refractivity contribution is 0.101. The molecule has 0 bridgehead atoms. The third-order valence-electron chi connectivity index (χ3n) is 15.0. The number of ketones is 1. The minimum atomic E-state index is 0. The number of hydrogen-bond acceptors (Lipinski definition) is 5.